The van der Waals surface area contributed by atoms with E-state index in [0.29, 0.717) is 37.2 Å². The molecule has 0 aliphatic rings. The number of hydrogen-bond acceptors (Lipinski definition) is 6. The molecule has 0 saturated carbocycles. The lowest BCUT2D eigenvalue weighted by atomic mass is 9.91. The summed E-state index contributed by atoms with van der Waals surface area (Å²) < 4.78 is 21.0. The van der Waals surface area contributed by atoms with E-state index in [-0.39, 0.29) is 6.61 Å². The summed E-state index contributed by atoms with van der Waals surface area (Å²) in [5.41, 5.74) is 3.33. The normalized spacial score (nSPS) is 12.6. The smallest absolute Gasteiger partial charge is 0.421 e. The Kier molecular flexibility index (Phi) is 9.31. The topological polar surface area (TPSA) is 97.5 Å². The highest BCUT2D eigenvalue weighted by Gasteiger charge is 2.16. The van der Waals surface area contributed by atoms with Crippen LogP contribution in [0.1, 0.15) is 49.1 Å². The Hall–Kier alpha value is -2.44. The first-order chi connectivity index (χ1) is 15.2. The van der Waals surface area contributed by atoms with Crippen LogP contribution in [0.5, 0.6) is 0 Å². The van der Waals surface area contributed by atoms with Crippen LogP contribution in [0.15, 0.2) is 59.0 Å². The summed E-state index contributed by atoms with van der Waals surface area (Å²) in [5, 5.41) is 11.8. The van der Waals surface area contributed by atoms with Gasteiger partial charge in [0.05, 0.1) is 0 Å². The van der Waals surface area contributed by atoms with Crippen molar-refractivity contribution in [2.45, 2.75) is 45.1 Å². The average molecular weight is 442 g/mol. The third kappa shape index (κ3) is 7.64. The zero-order chi connectivity index (χ0) is 21.9. The number of benzene rings is 2. The van der Waals surface area contributed by atoms with Crippen molar-refractivity contribution in [1.82, 2.24) is 15.5 Å². The molecule has 2 aromatic carbocycles. The van der Waals surface area contributed by atoms with Crippen LogP contribution in [0, 0.1) is 0 Å². The maximum Gasteiger partial charge on any atom is 0.694 e. The van der Waals surface area contributed by atoms with Gasteiger partial charge in [-0.2, -0.15) is 0 Å². The second kappa shape index (κ2) is 12.4. The molecule has 2 unspecified atom stereocenters. The zero-order valence-electron chi connectivity index (χ0n) is 17.7. The molecule has 3 aromatic rings. The molecule has 0 spiro atoms. The second-order valence-electron chi connectivity index (χ2n) is 7.40. The molecule has 1 aromatic heterocycles. The van der Waals surface area contributed by atoms with Gasteiger partial charge < -0.3 is 9.73 Å². The van der Waals surface area contributed by atoms with E-state index < -0.39 is 8.25 Å². The SMILES string of the molecule is CCCC(Cc1nnc(-c2ccc(CNCCCO[P+](=O)O)cc2)o1)c1ccccc1. The molecule has 8 heteroatoms. The number of aromatic nitrogens is 2. The molecule has 7 nitrogen and oxygen atoms in total. The number of nitrogens with zero attached hydrogens (tertiary/aromatic N) is 2. The summed E-state index contributed by atoms with van der Waals surface area (Å²) in [7, 11) is -2.51. The van der Waals surface area contributed by atoms with E-state index >= 15 is 0 Å². The summed E-state index contributed by atoms with van der Waals surface area (Å²) in [6, 6.07) is 18.5. The van der Waals surface area contributed by atoms with Crippen LogP contribution in [-0.4, -0.2) is 28.2 Å². The van der Waals surface area contributed by atoms with Crippen molar-refractivity contribution in [2.75, 3.05) is 13.2 Å². The summed E-state index contributed by atoms with van der Waals surface area (Å²) in [6.45, 7) is 3.87. The van der Waals surface area contributed by atoms with Crippen LogP contribution < -0.4 is 5.32 Å². The van der Waals surface area contributed by atoms with Crippen LogP contribution in [-0.2, 0) is 22.1 Å². The summed E-state index contributed by atoms with van der Waals surface area (Å²) in [5.74, 6) is 1.57. The molecule has 3 rings (SSSR count). The second-order valence-corrected chi connectivity index (χ2v) is 8.13. The molecule has 0 bridgehead atoms. The third-order valence-electron chi connectivity index (χ3n) is 5.03. The molecule has 2 atom stereocenters. The van der Waals surface area contributed by atoms with E-state index in [1.165, 1.54) is 5.56 Å². The van der Waals surface area contributed by atoms with Crippen LogP contribution >= 0.6 is 8.25 Å². The van der Waals surface area contributed by atoms with Gasteiger partial charge in [-0.25, -0.2) is 0 Å². The molecule has 0 radical (unpaired) electrons. The molecular formula is C23H29N3O4P+. The predicted molar refractivity (Wildman–Crippen MR) is 120 cm³/mol. The minimum Gasteiger partial charge on any atom is -0.421 e. The molecule has 1 heterocycles. The predicted octanol–water partition coefficient (Wildman–Crippen LogP) is 5.01. The lowest BCUT2D eigenvalue weighted by Gasteiger charge is -2.14. The van der Waals surface area contributed by atoms with E-state index in [9.17, 15) is 4.57 Å². The average Bonchev–Trinajstić information content (AvgIpc) is 3.25. The number of rotatable bonds is 13. The van der Waals surface area contributed by atoms with Gasteiger partial charge in [0.1, 0.15) is 6.61 Å². The molecule has 0 amide bonds. The van der Waals surface area contributed by atoms with E-state index in [1.807, 2.05) is 30.3 Å². The van der Waals surface area contributed by atoms with Crippen LogP contribution in [0.4, 0.5) is 0 Å². The third-order valence-corrected chi connectivity index (χ3v) is 5.43. The van der Waals surface area contributed by atoms with Crippen molar-refractivity contribution in [3.8, 4) is 11.5 Å². The highest BCUT2D eigenvalue weighted by molar-refractivity contribution is 7.32. The summed E-state index contributed by atoms with van der Waals surface area (Å²) >= 11 is 0. The molecule has 2 N–H and O–H groups in total. The largest absolute Gasteiger partial charge is 0.694 e. The van der Waals surface area contributed by atoms with Crippen LogP contribution in [0.3, 0.4) is 0 Å². The van der Waals surface area contributed by atoms with Crippen molar-refractivity contribution < 1.29 is 18.4 Å². The van der Waals surface area contributed by atoms with Crippen LogP contribution in [0.25, 0.3) is 11.5 Å². The Morgan fingerprint density at radius 3 is 2.61 bits per heavy atom. The van der Waals surface area contributed by atoms with Gasteiger partial charge in [0.25, 0.3) is 0 Å². The fraction of sp³-hybridized carbons (Fsp3) is 0.391. The van der Waals surface area contributed by atoms with Crippen molar-refractivity contribution in [3.63, 3.8) is 0 Å². The molecule has 0 fully saturated rings. The zero-order valence-corrected chi connectivity index (χ0v) is 18.6. The maximum atomic E-state index is 10.4. The van der Waals surface area contributed by atoms with Crippen molar-refractivity contribution in [1.29, 1.82) is 0 Å². The van der Waals surface area contributed by atoms with Gasteiger partial charge in [0.15, 0.2) is 0 Å². The van der Waals surface area contributed by atoms with E-state index in [1.54, 1.807) is 0 Å². The van der Waals surface area contributed by atoms with Gasteiger partial charge in [0.2, 0.25) is 11.8 Å². The lowest BCUT2D eigenvalue weighted by Crippen LogP contribution is -2.15. The Morgan fingerprint density at radius 2 is 1.90 bits per heavy atom. The van der Waals surface area contributed by atoms with Crippen LogP contribution in [0.2, 0.25) is 0 Å². The monoisotopic (exact) mass is 442 g/mol. The van der Waals surface area contributed by atoms with Gasteiger partial charge in [-0.15, -0.1) is 19.6 Å². The fourth-order valence-electron chi connectivity index (χ4n) is 3.46. The Labute approximate surface area is 183 Å². The molecular weight excluding hydrogens is 413 g/mol. The van der Waals surface area contributed by atoms with Gasteiger partial charge in [0, 0.05) is 23.1 Å². The lowest BCUT2D eigenvalue weighted by molar-refractivity contribution is 0.276. The van der Waals surface area contributed by atoms with Crippen molar-refractivity contribution >= 4 is 8.25 Å². The molecule has 0 aliphatic heterocycles. The first-order valence-electron chi connectivity index (χ1n) is 10.6. The van der Waals surface area contributed by atoms with Crippen molar-refractivity contribution in [2.24, 2.45) is 0 Å². The Balaban J connectivity index is 1.52. The van der Waals surface area contributed by atoms with Gasteiger partial charge >= 0.3 is 8.25 Å². The van der Waals surface area contributed by atoms with E-state index in [0.717, 1.165) is 30.4 Å². The quantitative estimate of drug-likeness (QED) is 0.284. The number of hydrogen-bond donors (Lipinski definition) is 2. The highest BCUT2D eigenvalue weighted by atomic mass is 31.1. The highest BCUT2D eigenvalue weighted by Crippen LogP contribution is 2.27. The summed E-state index contributed by atoms with van der Waals surface area (Å²) in [6.07, 6.45) is 3.59. The minimum atomic E-state index is -2.51. The standard InChI is InChI=1S/C23H28N3O4P/c1-2-7-21(19-8-4-3-5-9-19)16-22-25-26-23(30-22)20-12-10-18(11-13-20)17-24-14-6-15-29-31(27)28/h3-5,8-13,21,24H,2,6-7,14-17H2,1H3/p+1. The van der Waals surface area contributed by atoms with Gasteiger partial charge in [-0.3, -0.25) is 0 Å². The van der Waals surface area contributed by atoms with Crippen molar-refractivity contribution in [3.05, 3.63) is 71.6 Å². The Bertz CT molecular complexity index is 932. The molecule has 164 valence electrons. The van der Waals surface area contributed by atoms with E-state index in [4.69, 9.17) is 9.31 Å². The van der Waals surface area contributed by atoms with E-state index in [2.05, 4.69) is 51.2 Å². The minimum absolute atomic E-state index is 0.264. The van der Waals surface area contributed by atoms with Gasteiger partial charge in [-0.05, 0) is 48.6 Å². The van der Waals surface area contributed by atoms with Gasteiger partial charge in [-0.1, -0.05) is 55.8 Å². The first kappa shape index (κ1) is 23.2. The first-order valence-corrected chi connectivity index (χ1v) is 11.7. The molecule has 0 aliphatic carbocycles. The maximum absolute atomic E-state index is 10.4. The molecule has 31 heavy (non-hydrogen) atoms. The molecule has 0 saturated heterocycles. The Morgan fingerprint density at radius 1 is 1.13 bits per heavy atom. The summed E-state index contributed by atoms with van der Waals surface area (Å²) in [4.78, 5) is 8.58. The number of nitrogens with one attached hydrogen (secondary N) is 1. The fourth-order valence-corrected chi connectivity index (χ4v) is 3.75.